The predicted octanol–water partition coefficient (Wildman–Crippen LogP) is 2.65. The van der Waals surface area contributed by atoms with E-state index in [1.165, 1.54) is 18.6 Å². The first kappa shape index (κ1) is 17.6. The quantitative estimate of drug-likeness (QED) is 0.643. The van der Waals surface area contributed by atoms with Crippen LogP contribution < -0.4 is 5.32 Å². The van der Waals surface area contributed by atoms with Gasteiger partial charge >= 0.3 is 0 Å². The lowest BCUT2D eigenvalue weighted by atomic mass is 9.89. The number of hydrogen-bond donors (Lipinski definition) is 2. The van der Waals surface area contributed by atoms with Gasteiger partial charge in [0.05, 0.1) is 22.3 Å². The summed E-state index contributed by atoms with van der Waals surface area (Å²) in [5.74, 6) is 0. The number of nitriles is 1. The zero-order valence-electron chi connectivity index (χ0n) is 14.2. The second kappa shape index (κ2) is 7.81. The fourth-order valence-corrected chi connectivity index (χ4v) is 3.98. The zero-order chi connectivity index (χ0) is 17.8. The van der Waals surface area contributed by atoms with E-state index in [1.807, 2.05) is 6.07 Å². The molecule has 2 unspecified atom stereocenters. The third kappa shape index (κ3) is 4.09. The van der Waals surface area contributed by atoms with Gasteiger partial charge in [-0.05, 0) is 31.7 Å². The third-order valence-corrected chi connectivity index (χ3v) is 5.39. The van der Waals surface area contributed by atoms with Crippen molar-refractivity contribution in [3.8, 4) is 6.07 Å². The van der Waals surface area contributed by atoms with E-state index in [9.17, 15) is 20.5 Å². The first-order valence-corrected chi connectivity index (χ1v) is 8.95. The molecule has 7 heteroatoms. The van der Waals surface area contributed by atoms with Crippen molar-refractivity contribution in [2.24, 2.45) is 0 Å². The number of anilines is 1. The molecule has 1 aliphatic carbocycles. The van der Waals surface area contributed by atoms with Gasteiger partial charge in [-0.15, -0.1) is 0 Å². The largest absolute Gasteiger partial charge is 0.391 e. The van der Waals surface area contributed by atoms with Gasteiger partial charge < -0.3 is 10.4 Å². The van der Waals surface area contributed by atoms with Crippen LogP contribution in [0.15, 0.2) is 18.2 Å². The Kier molecular flexibility index (Phi) is 5.51. The molecule has 3 rings (SSSR count). The molecule has 0 radical (unpaired) electrons. The number of likely N-dealkylation sites (tertiary alicyclic amines) is 1. The molecule has 134 valence electrons. The molecule has 2 fully saturated rings. The number of nitro groups is 1. The van der Waals surface area contributed by atoms with Crippen molar-refractivity contribution in [1.29, 1.82) is 5.26 Å². The molecule has 7 nitrogen and oxygen atoms in total. The summed E-state index contributed by atoms with van der Waals surface area (Å²) < 4.78 is 0. The van der Waals surface area contributed by atoms with Gasteiger partial charge in [-0.25, -0.2) is 0 Å². The molecule has 25 heavy (non-hydrogen) atoms. The molecule has 2 atom stereocenters. The molecule has 0 amide bonds. The molecule has 1 aromatic rings. The Morgan fingerprint density at radius 1 is 1.24 bits per heavy atom. The Morgan fingerprint density at radius 2 is 1.96 bits per heavy atom. The second-order valence-electron chi connectivity index (χ2n) is 6.97. The average Bonchev–Trinajstić information content (AvgIpc) is 2.63. The number of non-ortho nitro benzene ring substituents is 1. The van der Waals surface area contributed by atoms with Crippen molar-refractivity contribution in [1.82, 2.24) is 4.90 Å². The highest BCUT2D eigenvalue weighted by atomic mass is 16.6. The topological polar surface area (TPSA) is 102 Å². The first-order valence-electron chi connectivity index (χ1n) is 8.95. The van der Waals surface area contributed by atoms with Gasteiger partial charge in [0.15, 0.2) is 0 Å². The number of benzene rings is 1. The zero-order valence-corrected chi connectivity index (χ0v) is 14.2. The number of aliphatic hydroxyl groups excluding tert-OH is 1. The van der Waals surface area contributed by atoms with Crippen LogP contribution in [0.1, 0.15) is 44.1 Å². The van der Waals surface area contributed by atoms with Gasteiger partial charge in [0.25, 0.3) is 5.69 Å². The summed E-state index contributed by atoms with van der Waals surface area (Å²) in [5.41, 5.74) is 0.895. The van der Waals surface area contributed by atoms with Gasteiger partial charge in [0.1, 0.15) is 6.07 Å². The summed E-state index contributed by atoms with van der Waals surface area (Å²) in [6.07, 6.45) is 5.94. The number of piperidine rings is 1. The lowest BCUT2D eigenvalue weighted by Crippen LogP contribution is -2.50. The molecule has 1 saturated carbocycles. The summed E-state index contributed by atoms with van der Waals surface area (Å²) >= 11 is 0. The van der Waals surface area contributed by atoms with E-state index in [0.717, 1.165) is 45.2 Å². The fraction of sp³-hybridized carbons (Fsp3) is 0.611. The molecule has 0 bridgehead atoms. The minimum atomic E-state index is -0.488. The summed E-state index contributed by atoms with van der Waals surface area (Å²) in [7, 11) is 0. The number of nitrogens with one attached hydrogen (secondary N) is 1. The van der Waals surface area contributed by atoms with Gasteiger partial charge in [0, 0.05) is 37.3 Å². The van der Waals surface area contributed by atoms with Crippen LogP contribution >= 0.6 is 0 Å². The molecule has 1 saturated heterocycles. The van der Waals surface area contributed by atoms with E-state index in [4.69, 9.17) is 0 Å². The number of nitro benzene ring substituents is 1. The van der Waals surface area contributed by atoms with Crippen LogP contribution in [0.3, 0.4) is 0 Å². The molecule has 2 aliphatic rings. The molecule has 0 aromatic heterocycles. The summed E-state index contributed by atoms with van der Waals surface area (Å²) in [5, 5.41) is 33.7. The molecular weight excluding hydrogens is 320 g/mol. The van der Waals surface area contributed by atoms with E-state index < -0.39 is 4.92 Å². The Labute approximate surface area is 147 Å². The van der Waals surface area contributed by atoms with Crippen LogP contribution in [0.4, 0.5) is 11.4 Å². The number of aliphatic hydroxyl groups is 1. The smallest absolute Gasteiger partial charge is 0.270 e. The Balaban J connectivity index is 1.59. The summed E-state index contributed by atoms with van der Waals surface area (Å²) in [6.45, 7) is 1.85. The van der Waals surface area contributed by atoms with Crippen LogP contribution in [0.2, 0.25) is 0 Å². The SMILES string of the molecule is N#Cc1cc([N+](=O)[O-])ccc1NC1CCN(C2CCCCC2O)CC1. The lowest BCUT2D eigenvalue weighted by Gasteiger charge is -2.41. The Bertz CT molecular complexity index is 665. The second-order valence-corrected chi connectivity index (χ2v) is 6.97. The van der Waals surface area contributed by atoms with Crippen molar-refractivity contribution in [2.45, 2.75) is 56.7 Å². The van der Waals surface area contributed by atoms with Gasteiger partial charge in [-0.2, -0.15) is 5.26 Å². The molecule has 1 aromatic carbocycles. The van der Waals surface area contributed by atoms with E-state index in [0.29, 0.717) is 11.3 Å². The highest BCUT2D eigenvalue weighted by Crippen LogP contribution is 2.28. The van der Waals surface area contributed by atoms with Crippen molar-refractivity contribution in [3.63, 3.8) is 0 Å². The maximum Gasteiger partial charge on any atom is 0.270 e. The minimum Gasteiger partial charge on any atom is -0.391 e. The van der Waals surface area contributed by atoms with Crippen molar-refractivity contribution >= 4 is 11.4 Å². The molecule has 0 spiro atoms. The summed E-state index contributed by atoms with van der Waals surface area (Å²) in [4.78, 5) is 12.7. The number of nitrogens with zero attached hydrogens (tertiary/aromatic N) is 3. The Morgan fingerprint density at radius 3 is 2.60 bits per heavy atom. The average molecular weight is 344 g/mol. The third-order valence-electron chi connectivity index (χ3n) is 5.39. The van der Waals surface area contributed by atoms with E-state index in [-0.39, 0.29) is 23.9 Å². The van der Waals surface area contributed by atoms with Crippen LogP contribution in [-0.4, -0.2) is 46.2 Å². The summed E-state index contributed by atoms with van der Waals surface area (Å²) in [6, 6.07) is 6.92. The Hall–Kier alpha value is -2.17. The molecule has 2 N–H and O–H groups in total. The minimum absolute atomic E-state index is 0.0665. The van der Waals surface area contributed by atoms with E-state index in [1.54, 1.807) is 6.07 Å². The van der Waals surface area contributed by atoms with Crippen LogP contribution in [0, 0.1) is 21.4 Å². The molecular formula is C18H24N4O3. The van der Waals surface area contributed by atoms with E-state index >= 15 is 0 Å². The number of hydrogen-bond acceptors (Lipinski definition) is 6. The molecule has 1 aliphatic heterocycles. The highest BCUT2D eigenvalue weighted by molar-refractivity contribution is 5.61. The lowest BCUT2D eigenvalue weighted by molar-refractivity contribution is -0.384. The number of rotatable bonds is 4. The van der Waals surface area contributed by atoms with Gasteiger partial charge in [-0.1, -0.05) is 12.8 Å². The van der Waals surface area contributed by atoms with E-state index in [2.05, 4.69) is 10.2 Å². The van der Waals surface area contributed by atoms with Gasteiger partial charge in [0.2, 0.25) is 0 Å². The standard InChI is InChI=1S/C18H24N4O3/c19-12-13-11-15(22(24)25)5-6-16(13)20-14-7-9-21(10-8-14)17-3-1-2-4-18(17)23/h5-6,11,14,17-18,20,23H,1-4,7-10H2. The van der Waals surface area contributed by atoms with Crippen LogP contribution in [0.25, 0.3) is 0 Å². The maximum atomic E-state index is 10.8. The van der Waals surface area contributed by atoms with Gasteiger partial charge in [-0.3, -0.25) is 15.0 Å². The normalized spacial score (nSPS) is 25.3. The fourth-order valence-electron chi connectivity index (χ4n) is 3.98. The maximum absolute atomic E-state index is 10.8. The monoisotopic (exact) mass is 344 g/mol. The van der Waals surface area contributed by atoms with Crippen molar-refractivity contribution < 1.29 is 10.0 Å². The van der Waals surface area contributed by atoms with Crippen LogP contribution in [0.5, 0.6) is 0 Å². The van der Waals surface area contributed by atoms with Crippen molar-refractivity contribution in [2.75, 3.05) is 18.4 Å². The van der Waals surface area contributed by atoms with Crippen molar-refractivity contribution in [3.05, 3.63) is 33.9 Å². The highest BCUT2D eigenvalue weighted by Gasteiger charge is 2.31. The molecule has 1 heterocycles. The first-order chi connectivity index (χ1) is 12.1. The van der Waals surface area contributed by atoms with Crippen LogP contribution in [-0.2, 0) is 0 Å². The predicted molar refractivity (Wildman–Crippen MR) is 94.3 cm³/mol.